The van der Waals surface area contributed by atoms with Gasteiger partial charge in [-0.25, -0.2) is 9.36 Å². The Hall–Kier alpha value is -1.18. The molecule has 0 radical (unpaired) electrons. The van der Waals surface area contributed by atoms with Crippen LogP contribution in [0.1, 0.15) is 0 Å². The van der Waals surface area contributed by atoms with Gasteiger partial charge in [0.15, 0.2) is 5.58 Å². The lowest BCUT2D eigenvalue weighted by Crippen LogP contribution is -2.31. The molecule has 0 aliphatic rings. The van der Waals surface area contributed by atoms with E-state index < -0.39 is 11.3 Å². The van der Waals surface area contributed by atoms with E-state index in [0.29, 0.717) is 15.5 Å². The van der Waals surface area contributed by atoms with Crippen LogP contribution in [0.25, 0.3) is 16.7 Å². The summed E-state index contributed by atoms with van der Waals surface area (Å²) in [5.74, 6) is -0.724. The van der Waals surface area contributed by atoms with Crippen LogP contribution in [0.2, 0.25) is 0 Å². The minimum absolute atomic E-state index is 0.238. The predicted octanol–water partition coefficient (Wildman–Crippen LogP) is 4.23. The Balaban J connectivity index is 2.42. The monoisotopic (exact) mass is 473 g/mol. The van der Waals surface area contributed by atoms with Crippen LogP contribution in [-0.2, 0) is 0 Å². The van der Waals surface area contributed by atoms with E-state index in [1.54, 1.807) is 36.4 Å². The standard InChI is InChI=1S/C14H6Br3NO3/c15-7-1-3-9(4-2-7)18-13(19)10-5-8(16)6-11(17)12(10)21-14(18)20/h1-6H. The third kappa shape index (κ3) is 2.65. The first-order chi connectivity index (χ1) is 9.97. The van der Waals surface area contributed by atoms with E-state index in [2.05, 4.69) is 47.8 Å². The van der Waals surface area contributed by atoms with Crippen molar-refractivity contribution in [2.75, 3.05) is 0 Å². The molecule has 4 nitrogen and oxygen atoms in total. The molecule has 3 rings (SSSR count). The van der Waals surface area contributed by atoms with Crippen molar-refractivity contribution in [3.8, 4) is 5.69 Å². The largest absolute Gasteiger partial charge is 0.427 e. The second-order valence-electron chi connectivity index (χ2n) is 4.25. The fourth-order valence-corrected chi connectivity index (χ4v) is 3.54. The number of hydrogen-bond donors (Lipinski definition) is 0. The maximum atomic E-state index is 12.6. The van der Waals surface area contributed by atoms with Crippen molar-refractivity contribution in [3.05, 3.63) is 70.7 Å². The number of halogens is 3. The van der Waals surface area contributed by atoms with E-state index in [0.717, 1.165) is 13.5 Å². The molecular weight excluding hydrogens is 470 g/mol. The zero-order valence-corrected chi connectivity index (χ0v) is 15.0. The third-order valence-electron chi connectivity index (χ3n) is 2.90. The number of fused-ring (bicyclic) bond motifs is 1. The van der Waals surface area contributed by atoms with Crippen LogP contribution < -0.4 is 11.3 Å². The van der Waals surface area contributed by atoms with Gasteiger partial charge in [0.1, 0.15) is 0 Å². The Morgan fingerprint density at radius 2 is 1.57 bits per heavy atom. The highest BCUT2D eigenvalue weighted by Crippen LogP contribution is 2.26. The van der Waals surface area contributed by atoms with Crippen LogP contribution in [0.5, 0.6) is 0 Å². The lowest BCUT2D eigenvalue weighted by atomic mass is 10.2. The van der Waals surface area contributed by atoms with Gasteiger partial charge in [0.25, 0.3) is 5.56 Å². The Kier molecular flexibility index (Phi) is 3.90. The maximum Gasteiger partial charge on any atom is 0.427 e. The van der Waals surface area contributed by atoms with E-state index in [-0.39, 0.29) is 5.58 Å². The molecule has 3 aromatic rings. The van der Waals surface area contributed by atoms with Gasteiger partial charge in [-0.15, -0.1) is 0 Å². The summed E-state index contributed by atoms with van der Waals surface area (Å²) in [5, 5.41) is 0.318. The Morgan fingerprint density at radius 3 is 2.24 bits per heavy atom. The molecule has 7 heteroatoms. The summed E-state index contributed by atoms with van der Waals surface area (Å²) in [5.41, 5.74) is 0.266. The van der Waals surface area contributed by atoms with Gasteiger partial charge in [-0.3, -0.25) is 4.79 Å². The highest BCUT2D eigenvalue weighted by atomic mass is 79.9. The lowest BCUT2D eigenvalue weighted by Gasteiger charge is -2.06. The van der Waals surface area contributed by atoms with E-state index in [1.165, 1.54) is 0 Å². The number of aromatic nitrogens is 1. The van der Waals surface area contributed by atoms with Gasteiger partial charge in [0.2, 0.25) is 0 Å². The first-order valence-electron chi connectivity index (χ1n) is 5.78. The van der Waals surface area contributed by atoms with Crippen molar-refractivity contribution in [1.29, 1.82) is 0 Å². The minimum Gasteiger partial charge on any atom is -0.408 e. The van der Waals surface area contributed by atoms with Crippen LogP contribution in [0, 0.1) is 0 Å². The Morgan fingerprint density at radius 1 is 0.905 bits per heavy atom. The normalized spacial score (nSPS) is 11.0. The van der Waals surface area contributed by atoms with Crippen LogP contribution in [0.15, 0.2) is 63.8 Å². The van der Waals surface area contributed by atoms with Crippen molar-refractivity contribution in [1.82, 2.24) is 4.57 Å². The minimum atomic E-state index is -0.724. The second kappa shape index (κ2) is 5.55. The van der Waals surface area contributed by atoms with Gasteiger partial charge in [0.05, 0.1) is 15.5 Å². The third-order valence-corrected chi connectivity index (χ3v) is 4.47. The number of benzene rings is 2. The van der Waals surface area contributed by atoms with Gasteiger partial charge < -0.3 is 4.42 Å². The van der Waals surface area contributed by atoms with Crippen molar-refractivity contribution >= 4 is 58.8 Å². The molecular formula is C14H6Br3NO3. The molecule has 0 amide bonds. The molecule has 1 aromatic heterocycles. The van der Waals surface area contributed by atoms with Crippen molar-refractivity contribution in [3.63, 3.8) is 0 Å². The summed E-state index contributed by atoms with van der Waals surface area (Å²) in [4.78, 5) is 24.7. The summed E-state index contributed by atoms with van der Waals surface area (Å²) in [7, 11) is 0. The van der Waals surface area contributed by atoms with Crippen LogP contribution in [0.3, 0.4) is 0 Å². The smallest absolute Gasteiger partial charge is 0.408 e. The predicted molar refractivity (Wildman–Crippen MR) is 91.2 cm³/mol. The van der Waals surface area contributed by atoms with Gasteiger partial charge >= 0.3 is 5.76 Å². The van der Waals surface area contributed by atoms with Crippen molar-refractivity contribution in [2.45, 2.75) is 0 Å². The highest BCUT2D eigenvalue weighted by Gasteiger charge is 2.14. The fraction of sp³-hybridized carbons (Fsp3) is 0. The van der Waals surface area contributed by atoms with Crippen LogP contribution in [-0.4, -0.2) is 4.57 Å². The molecule has 0 aliphatic carbocycles. The van der Waals surface area contributed by atoms with Crippen LogP contribution >= 0.6 is 47.8 Å². The molecule has 21 heavy (non-hydrogen) atoms. The number of nitrogens with zero attached hydrogens (tertiary/aromatic N) is 1. The quantitative estimate of drug-likeness (QED) is 0.529. The maximum absolute atomic E-state index is 12.6. The van der Waals surface area contributed by atoms with Gasteiger partial charge in [-0.1, -0.05) is 31.9 Å². The van der Waals surface area contributed by atoms with Gasteiger partial charge in [-0.05, 0) is 52.3 Å². The average molecular weight is 476 g/mol. The number of rotatable bonds is 1. The van der Waals surface area contributed by atoms with Gasteiger partial charge in [-0.2, -0.15) is 0 Å². The summed E-state index contributed by atoms with van der Waals surface area (Å²) < 4.78 is 8.40. The van der Waals surface area contributed by atoms with E-state index in [4.69, 9.17) is 4.42 Å². The van der Waals surface area contributed by atoms with Crippen molar-refractivity contribution < 1.29 is 4.42 Å². The topological polar surface area (TPSA) is 52.2 Å². The zero-order chi connectivity index (χ0) is 15.1. The second-order valence-corrected chi connectivity index (χ2v) is 6.93. The van der Waals surface area contributed by atoms with E-state index in [9.17, 15) is 9.59 Å². The Labute approximate surface area is 143 Å². The molecule has 0 spiro atoms. The van der Waals surface area contributed by atoms with E-state index >= 15 is 0 Å². The summed E-state index contributed by atoms with van der Waals surface area (Å²) >= 11 is 9.92. The Bertz CT molecular complexity index is 958. The van der Waals surface area contributed by atoms with Crippen LogP contribution in [0.4, 0.5) is 0 Å². The van der Waals surface area contributed by atoms with E-state index in [1.807, 2.05) is 0 Å². The fourth-order valence-electron chi connectivity index (χ4n) is 1.97. The SMILES string of the molecule is O=c1oc2c(Br)cc(Br)cc2c(=O)n1-c1ccc(Br)cc1. The summed E-state index contributed by atoms with van der Waals surface area (Å²) in [6.45, 7) is 0. The summed E-state index contributed by atoms with van der Waals surface area (Å²) in [6.07, 6.45) is 0. The molecule has 1 heterocycles. The molecule has 0 atom stereocenters. The highest BCUT2D eigenvalue weighted by molar-refractivity contribution is 9.11. The molecule has 0 saturated carbocycles. The molecule has 0 bridgehead atoms. The average Bonchev–Trinajstić information content (AvgIpc) is 2.42. The number of hydrogen-bond acceptors (Lipinski definition) is 3. The zero-order valence-electron chi connectivity index (χ0n) is 10.3. The molecule has 106 valence electrons. The first-order valence-corrected chi connectivity index (χ1v) is 8.16. The molecule has 0 aliphatic heterocycles. The van der Waals surface area contributed by atoms with Gasteiger partial charge in [0, 0.05) is 8.95 Å². The molecule has 2 aromatic carbocycles. The molecule has 0 unspecified atom stereocenters. The molecule has 0 saturated heterocycles. The molecule has 0 N–H and O–H groups in total. The molecule has 0 fully saturated rings. The lowest BCUT2D eigenvalue weighted by molar-refractivity contribution is 0.502. The summed E-state index contributed by atoms with van der Waals surface area (Å²) in [6, 6.07) is 10.2. The van der Waals surface area contributed by atoms with Crippen molar-refractivity contribution in [2.24, 2.45) is 0 Å². The first kappa shape index (κ1) is 14.7.